The number of aliphatic carboxylic acids is 1. The summed E-state index contributed by atoms with van der Waals surface area (Å²) in [6.07, 6.45) is 12.0. The minimum Gasteiger partial charge on any atom is -0.481 e. The number of hydrogen-bond donors (Lipinski definition) is 1. The maximum Gasteiger partial charge on any atom is 0.313 e. The predicted octanol–water partition coefficient (Wildman–Crippen LogP) is 7.66. The van der Waals surface area contributed by atoms with Gasteiger partial charge in [0.25, 0.3) is 0 Å². The van der Waals surface area contributed by atoms with Crippen LogP contribution in [-0.2, 0) is 14.3 Å². The van der Waals surface area contributed by atoms with Gasteiger partial charge >= 0.3 is 11.9 Å². The highest BCUT2D eigenvalue weighted by Crippen LogP contribution is 2.75. The molecule has 1 N–H and O–H groups in total. The molecule has 36 heavy (non-hydrogen) atoms. The molecule has 11 atom stereocenters. The van der Waals surface area contributed by atoms with Gasteiger partial charge in [-0.25, -0.2) is 0 Å². The number of carbonyl (C=O) groups is 2. The van der Waals surface area contributed by atoms with E-state index in [1.165, 1.54) is 32.6 Å². The first-order chi connectivity index (χ1) is 16.6. The van der Waals surface area contributed by atoms with Crippen LogP contribution in [0.5, 0.6) is 0 Å². The van der Waals surface area contributed by atoms with Crippen LogP contribution >= 0.6 is 0 Å². The van der Waals surface area contributed by atoms with E-state index in [1.807, 2.05) is 6.92 Å². The van der Waals surface area contributed by atoms with E-state index in [4.69, 9.17) is 4.74 Å². The molecular weight excluding hydrogens is 448 g/mol. The van der Waals surface area contributed by atoms with Crippen molar-refractivity contribution in [2.75, 3.05) is 0 Å². The van der Waals surface area contributed by atoms with Crippen molar-refractivity contribution in [1.29, 1.82) is 0 Å². The normalized spacial score (nSPS) is 54.2. The summed E-state index contributed by atoms with van der Waals surface area (Å²) in [4.78, 5) is 24.8. The molecule has 202 valence electrons. The van der Waals surface area contributed by atoms with Crippen molar-refractivity contribution in [3.05, 3.63) is 11.6 Å². The van der Waals surface area contributed by atoms with Gasteiger partial charge in [0.1, 0.15) is 11.5 Å². The van der Waals surface area contributed by atoms with Crippen molar-refractivity contribution < 1.29 is 19.4 Å². The molecule has 5 aliphatic carbocycles. The van der Waals surface area contributed by atoms with Crippen molar-refractivity contribution in [1.82, 2.24) is 0 Å². The number of hydrogen-bond acceptors (Lipinski definition) is 3. The highest BCUT2D eigenvalue weighted by Gasteiger charge is 2.70. The molecule has 0 aromatic rings. The molecule has 4 nitrogen and oxygen atoms in total. The number of carbonyl (C=O) groups excluding carboxylic acids is 1. The van der Waals surface area contributed by atoms with Crippen molar-refractivity contribution in [2.24, 2.45) is 56.7 Å². The second-order valence-corrected chi connectivity index (χ2v) is 15.0. The molecule has 4 heteroatoms. The zero-order chi connectivity index (χ0) is 26.5. The summed E-state index contributed by atoms with van der Waals surface area (Å²) in [7, 11) is 0. The Morgan fingerprint density at radius 1 is 0.917 bits per heavy atom. The van der Waals surface area contributed by atoms with Gasteiger partial charge in [-0.3, -0.25) is 9.59 Å². The Hall–Kier alpha value is -1.32. The topological polar surface area (TPSA) is 63.6 Å². The number of ether oxygens (including phenoxy) is 1. The van der Waals surface area contributed by atoms with Gasteiger partial charge in [-0.1, -0.05) is 53.2 Å². The van der Waals surface area contributed by atoms with Crippen LogP contribution in [0.3, 0.4) is 0 Å². The van der Waals surface area contributed by atoms with Crippen molar-refractivity contribution in [3.63, 3.8) is 0 Å². The van der Waals surface area contributed by atoms with Crippen molar-refractivity contribution >= 4 is 11.9 Å². The van der Waals surface area contributed by atoms with E-state index in [-0.39, 0.29) is 28.1 Å². The Morgan fingerprint density at radius 2 is 1.61 bits per heavy atom. The third kappa shape index (κ3) is 3.17. The number of allylic oxidation sites excluding steroid dienone is 2. The maximum absolute atomic E-state index is 12.9. The van der Waals surface area contributed by atoms with E-state index in [0.717, 1.165) is 37.5 Å². The van der Waals surface area contributed by atoms with Crippen LogP contribution in [0.25, 0.3) is 0 Å². The fourth-order valence-corrected chi connectivity index (χ4v) is 11.2. The SMILES string of the molecule is CC(=O)O[C@@H]1CC[C@]2(C)[C@H]3CC=C4[C@@H]5[C@@H](C)[C@H](C)CC[C@]5(C)CC[C@@]4(C)[C@]3(C)CC[C@@H]2[C@@]1(C)C(=O)O. The average molecular weight is 499 g/mol. The molecule has 0 amide bonds. The second kappa shape index (κ2) is 8.09. The van der Waals surface area contributed by atoms with Crippen LogP contribution in [0.15, 0.2) is 11.6 Å². The van der Waals surface area contributed by atoms with Gasteiger partial charge in [0, 0.05) is 6.92 Å². The molecule has 5 rings (SSSR count). The molecule has 0 unspecified atom stereocenters. The maximum atomic E-state index is 12.9. The zero-order valence-electron chi connectivity index (χ0n) is 24.1. The minimum absolute atomic E-state index is 0.0136. The summed E-state index contributed by atoms with van der Waals surface area (Å²) in [5.74, 6) is 1.47. The summed E-state index contributed by atoms with van der Waals surface area (Å²) >= 11 is 0. The highest BCUT2D eigenvalue weighted by molar-refractivity contribution is 5.77. The molecule has 0 heterocycles. The first-order valence-electron chi connectivity index (χ1n) is 14.8. The molecular formula is C32H50O4. The summed E-state index contributed by atoms with van der Waals surface area (Å²) < 4.78 is 5.69. The van der Waals surface area contributed by atoms with Gasteiger partial charge in [-0.15, -0.1) is 0 Å². The average Bonchev–Trinajstić information content (AvgIpc) is 2.79. The monoisotopic (exact) mass is 498 g/mol. The smallest absolute Gasteiger partial charge is 0.313 e. The molecule has 0 aliphatic heterocycles. The van der Waals surface area contributed by atoms with Crippen LogP contribution < -0.4 is 0 Å². The molecule has 0 aromatic carbocycles. The third-order valence-corrected chi connectivity index (χ3v) is 13.8. The van der Waals surface area contributed by atoms with E-state index in [0.29, 0.717) is 23.7 Å². The summed E-state index contributed by atoms with van der Waals surface area (Å²) in [6, 6.07) is 0. The van der Waals surface area contributed by atoms with Gasteiger partial charge in [0.05, 0.1) is 0 Å². The van der Waals surface area contributed by atoms with Crippen LogP contribution in [0.1, 0.15) is 113 Å². The van der Waals surface area contributed by atoms with Gasteiger partial charge in [-0.2, -0.15) is 0 Å². The number of rotatable bonds is 2. The summed E-state index contributed by atoms with van der Waals surface area (Å²) in [6.45, 7) is 18.4. The number of carboxylic acid groups (broad SMARTS) is 1. The van der Waals surface area contributed by atoms with E-state index in [9.17, 15) is 14.7 Å². The zero-order valence-corrected chi connectivity index (χ0v) is 24.1. The molecule has 5 aliphatic rings. The van der Waals surface area contributed by atoms with Gasteiger partial charge < -0.3 is 9.84 Å². The summed E-state index contributed by atoms with van der Waals surface area (Å²) in [5, 5.41) is 10.5. The van der Waals surface area contributed by atoms with Crippen molar-refractivity contribution in [2.45, 2.75) is 119 Å². The van der Waals surface area contributed by atoms with E-state index < -0.39 is 17.5 Å². The van der Waals surface area contributed by atoms with Crippen LogP contribution in [0.4, 0.5) is 0 Å². The lowest BCUT2D eigenvalue weighted by Crippen LogP contribution is -2.66. The molecule has 0 aromatic heterocycles. The summed E-state index contributed by atoms with van der Waals surface area (Å²) in [5.41, 5.74) is 1.40. The molecule has 4 fully saturated rings. The van der Waals surface area contributed by atoms with Gasteiger partial charge in [0.2, 0.25) is 0 Å². The lowest BCUT2D eigenvalue weighted by atomic mass is 9.33. The lowest BCUT2D eigenvalue weighted by Gasteiger charge is -2.71. The number of fused-ring (bicyclic) bond motifs is 7. The fourth-order valence-electron chi connectivity index (χ4n) is 11.2. The molecule has 0 radical (unpaired) electrons. The molecule has 0 saturated heterocycles. The highest BCUT2D eigenvalue weighted by atomic mass is 16.5. The molecule has 0 spiro atoms. The van der Waals surface area contributed by atoms with Crippen LogP contribution in [0.2, 0.25) is 0 Å². The van der Waals surface area contributed by atoms with Crippen molar-refractivity contribution in [3.8, 4) is 0 Å². The van der Waals surface area contributed by atoms with E-state index in [1.54, 1.807) is 5.57 Å². The Bertz CT molecular complexity index is 985. The largest absolute Gasteiger partial charge is 0.481 e. The third-order valence-electron chi connectivity index (χ3n) is 13.8. The van der Waals surface area contributed by atoms with E-state index in [2.05, 4.69) is 47.6 Å². The Morgan fingerprint density at radius 3 is 2.25 bits per heavy atom. The number of carboxylic acids is 1. The van der Waals surface area contributed by atoms with Gasteiger partial charge in [0.15, 0.2) is 0 Å². The second-order valence-electron chi connectivity index (χ2n) is 15.0. The fraction of sp³-hybridized carbons (Fsp3) is 0.875. The van der Waals surface area contributed by atoms with Crippen LogP contribution in [-0.4, -0.2) is 23.1 Å². The Balaban J connectivity index is 1.57. The molecule has 4 saturated carbocycles. The quantitative estimate of drug-likeness (QED) is 0.313. The van der Waals surface area contributed by atoms with E-state index >= 15 is 0 Å². The van der Waals surface area contributed by atoms with Gasteiger partial charge in [-0.05, 0) is 116 Å². The first-order valence-corrected chi connectivity index (χ1v) is 14.8. The number of esters is 1. The van der Waals surface area contributed by atoms with Crippen LogP contribution in [0, 0.1) is 56.7 Å². The lowest BCUT2D eigenvalue weighted by molar-refractivity contribution is -0.223. The minimum atomic E-state index is -1.04. The Kier molecular flexibility index (Phi) is 5.91. The predicted molar refractivity (Wildman–Crippen MR) is 142 cm³/mol. The first kappa shape index (κ1) is 26.3. The Labute approximate surface area is 219 Å². The molecule has 0 bridgehead atoms. The standard InChI is InChI=1S/C32H50O4/c1-19-11-14-28(4)17-18-30(6)22(26(28)20(19)2)9-10-23-29(5)15-13-25(36-21(3)33)32(8,27(34)35)24(29)12-16-31(23,30)7/h9,19-20,23-26H,10-18H2,1-8H3,(H,34,35)/t19-,20+,23-,24+,25-,26+,28-,29-,30-,31-,32-/m1/s1.